The van der Waals surface area contributed by atoms with Crippen LogP contribution < -0.4 is 0 Å². The standard InChI is InChI=1S/C19H25N5O2/c1-22(11-15-4-2-3-7-21-15)19(25)18-13-23(16-5-8-26-9-6-16)12-17-10-20-14-24(17)18/h2-4,7,10,14,16,18H,5-6,8-9,11-13H2,1H3/t18-/m1/s1. The molecule has 1 atom stereocenters. The fourth-order valence-corrected chi connectivity index (χ4v) is 3.91. The number of likely N-dealkylation sites (N-methyl/N-ethyl adjacent to an activating group) is 1. The molecule has 0 aromatic carbocycles. The van der Waals surface area contributed by atoms with Crippen LogP contribution in [0.5, 0.6) is 0 Å². The minimum atomic E-state index is -0.238. The smallest absolute Gasteiger partial charge is 0.247 e. The van der Waals surface area contributed by atoms with Crippen molar-refractivity contribution in [3.05, 3.63) is 48.3 Å². The lowest BCUT2D eigenvalue weighted by Gasteiger charge is -2.40. The highest BCUT2D eigenvalue weighted by Crippen LogP contribution is 2.27. The normalized spacial score (nSPS) is 21.3. The molecule has 0 radical (unpaired) electrons. The number of amides is 1. The third-order valence-electron chi connectivity index (χ3n) is 5.35. The molecule has 0 bridgehead atoms. The van der Waals surface area contributed by atoms with E-state index in [9.17, 15) is 4.79 Å². The van der Waals surface area contributed by atoms with Crippen LogP contribution in [0.1, 0.15) is 30.3 Å². The van der Waals surface area contributed by atoms with Gasteiger partial charge >= 0.3 is 0 Å². The molecule has 7 heteroatoms. The van der Waals surface area contributed by atoms with Crippen molar-refractivity contribution >= 4 is 5.91 Å². The molecule has 4 heterocycles. The molecule has 0 spiro atoms. The number of carbonyl (C=O) groups excluding carboxylic acids is 1. The summed E-state index contributed by atoms with van der Waals surface area (Å²) in [6.45, 7) is 3.69. The highest BCUT2D eigenvalue weighted by Gasteiger charge is 2.35. The summed E-state index contributed by atoms with van der Waals surface area (Å²) in [5.41, 5.74) is 2.00. The molecule has 2 aliphatic rings. The summed E-state index contributed by atoms with van der Waals surface area (Å²) in [6.07, 6.45) is 7.48. The first kappa shape index (κ1) is 17.2. The third kappa shape index (κ3) is 3.50. The molecule has 7 nitrogen and oxygen atoms in total. The minimum absolute atomic E-state index is 0.103. The van der Waals surface area contributed by atoms with Crippen molar-refractivity contribution in [1.29, 1.82) is 0 Å². The van der Waals surface area contributed by atoms with E-state index in [1.807, 2.05) is 36.0 Å². The van der Waals surface area contributed by atoms with Gasteiger partial charge in [0.25, 0.3) is 0 Å². The third-order valence-corrected chi connectivity index (χ3v) is 5.35. The molecule has 138 valence electrons. The molecule has 0 N–H and O–H groups in total. The second kappa shape index (κ2) is 7.55. The van der Waals surface area contributed by atoms with Crippen molar-refractivity contribution in [3.8, 4) is 0 Å². The summed E-state index contributed by atoms with van der Waals surface area (Å²) >= 11 is 0. The van der Waals surface area contributed by atoms with Crippen LogP contribution in [0.25, 0.3) is 0 Å². The van der Waals surface area contributed by atoms with Crippen LogP contribution in [0.4, 0.5) is 0 Å². The number of hydrogen-bond acceptors (Lipinski definition) is 5. The molecule has 0 unspecified atom stereocenters. The van der Waals surface area contributed by atoms with Gasteiger partial charge < -0.3 is 14.2 Å². The van der Waals surface area contributed by atoms with Gasteiger partial charge in [-0.05, 0) is 25.0 Å². The van der Waals surface area contributed by atoms with Crippen LogP contribution in [-0.2, 0) is 22.6 Å². The summed E-state index contributed by atoms with van der Waals surface area (Å²) in [5, 5.41) is 0. The molecule has 2 aromatic heterocycles. The number of rotatable bonds is 4. The number of hydrogen-bond donors (Lipinski definition) is 0. The molecule has 1 saturated heterocycles. The zero-order valence-corrected chi connectivity index (χ0v) is 15.1. The Morgan fingerprint density at radius 3 is 2.96 bits per heavy atom. The fourth-order valence-electron chi connectivity index (χ4n) is 3.91. The number of imidazole rings is 1. The first-order valence-corrected chi connectivity index (χ1v) is 9.20. The molecule has 0 saturated carbocycles. The van der Waals surface area contributed by atoms with E-state index in [1.165, 1.54) is 0 Å². The summed E-state index contributed by atoms with van der Waals surface area (Å²) in [5.74, 6) is 0.103. The van der Waals surface area contributed by atoms with E-state index in [0.717, 1.165) is 50.5 Å². The molecule has 1 fully saturated rings. The maximum Gasteiger partial charge on any atom is 0.247 e. The van der Waals surface area contributed by atoms with Gasteiger partial charge in [0, 0.05) is 51.8 Å². The number of pyridine rings is 1. The monoisotopic (exact) mass is 355 g/mol. The Hall–Kier alpha value is -2.25. The Balaban J connectivity index is 1.51. The van der Waals surface area contributed by atoms with E-state index in [-0.39, 0.29) is 11.9 Å². The second-order valence-electron chi connectivity index (χ2n) is 7.10. The molecule has 2 aliphatic heterocycles. The predicted molar refractivity (Wildman–Crippen MR) is 96.2 cm³/mol. The van der Waals surface area contributed by atoms with E-state index in [1.54, 1.807) is 17.4 Å². The van der Waals surface area contributed by atoms with E-state index in [4.69, 9.17) is 4.74 Å². The first-order chi connectivity index (χ1) is 12.7. The highest BCUT2D eigenvalue weighted by atomic mass is 16.5. The topological polar surface area (TPSA) is 63.5 Å². The summed E-state index contributed by atoms with van der Waals surface area (Å²) < 4.78 is 7.53. The van der Waals surface area contributed by atoms with Crippen LogP contribution in [0, 0.1) is 0 Å². The van der Waals surface area contributed by atoms with Gasteiger partial charge in [0.1, 0.15) is 6.04 Å². The predicted octanol–water partition coefficient (Wildman–Crippen LogP) is 1.47. The SMILES string of the molecule is CN(Cc1ccccn1)C(=O)[C@H]1CN(C2CCOCC2)Cc2cncn21. The maximum absolute atomic E-state index is 13.2. The quantitative estimate of drug-likeness (QED) is 0.831. The van der Waals surface area contributed by atoms with Gasteiger partial charge in [-0.3, -0.25) is 14.7 Å². The molecule has 1 amide bonds. The van der Waals surface area contributed by atoms with Crippen molar-refractivity contribution < 1.29 is 9.53 Å². The lowest BCUT2D eigenvalue weighted by molar-refractivity contribution is -0.136. The lowest BCUT2D eigenvalue weighted by Crippen LogP contribution is -2.49. The zero-order chi connectivity index (χ0) is 17.9. The Morgan fingerprint density at radius 1 is 1.35 bits per heavy atom. The summed E-state index contributed by atoms with van der Waals surface area (Å²) in [4.78, 5) is 26.0. The zero-order valence-electron chi connectivity index (χ0n) is 15.1. The van der Waals surface area contributed by atoms with Crippen LogP contribution in [0.2, 0.25) is 0 Å². The molecule has 0 aliphatic carbocycles. The fraction of sp³-hybridized carbons (Fsp3) is 0.526. The average Bonchev–Trinajstić information content (AvgIpc) is 3.17. The van der Waals surface area contributed by atoms with Crippen LogP contribution in [0.15, 0.2) is 36.9 Å². The number of ether oxygens (including phenoxy) is 1. The molecule has 4 rings (SSSR count). The number of fused-ring (bicyclic) bond motifs is 1. The van der Waals surface area contributed by atoms with E-state index in [0.29, 0.717) is 12.6 Å². The average molecular weight is 355 g/mol. The van der Waals surface area contributed by atoms with Crippen molar-refractivity contribution in [3.63, 3.8) is 0 Å². The van der Waals surface area contributed by atoms with Gasteiger partial charge in [-0.25, -0.2) is 4.98 Å². The van der Waals surface area contributed by atoms with E-state index >= 15 is 0 Å². The molecule has 2 aromatic rings. The van der Waals surface area contributed by atoms with E-state index < -0.39 is 0 Å². The van der Waals surface area contributed by atoms with Crippen molar-refractivity contribution in [2.75, 3.05) is 26.8 Å². The van der Waals surface area contributed by atoms with Gasteiger partial charge in [-0.15, -0.1) is 0 Å². The Morgan fingerprint density at radius 2 is 2.19 bits per heavy atom. The molecule has 26 heavy (non-hydrogen) atoms. The van der Waals surface area contributed by atoms with Crippen LogP contribution in [-0.4, -0.2) is 63.1 Å². The van der Waals surface area contributed by atoms with Gasteiger partial charge in [-0.2, -0.15) is 0 Å². The Bertz CT molecular complexity index is 741. The summed E-state index contributed by atoms with van der Waals surface area (Å²) in [6, 6.07) is 6.02. The molecular weight excluding hydrogens is 330 g/mol. The largest absolute Gasteiger partial charge is 0.381 e. The van der Waals surface area contributed by atoms with Gasteiger partial charge in [0.2, 0.25) is 5.91 Å². The number of aromatic nitrogens is 3. The Kier molecular flexibility index (Phi) is 4.99. The lowest BCUT2D eigenvalue weighted by atomic mass is 10.0. The van der Waals surface area contributed by atoms with E-state index in [2.05, 4.69) is 14.9 Å². The summed E-state index contributed by atoms with van der Waals surface area (Å²) in [7, 11) is 1.85. The van der Waals surface area contributed by atoms with Crippen molar-refractivity contribution in [1.82, 2.24) is 24.3 Å². The maximum atomic E-state index is 13.2. The van der Waals surface area contributed by atoms with Crippen LogP contribution in [0.3, 0.4) is 0 Å². The number of nitrogens with zero attached hydrogens (tertiary/aromatic N) is 5. The highest BCUT2D eigenvalue weighted by molar-refractivity contribution is 5.80. The van der Waals surface area contributed by atoms with Crippen molar-refractivity contribution in [2.45, 2.75) is 38.0 Å². The minimum Gasteiger partial charge on any atom is -0.381 e. The molecular formula is C19H25N5O2. The van der Waals surface area contributed by atoms with Crippen LogP contribution >= 0.6 is 0 Å². The Labute approximate surface area is 153 Å². The number of carbonyl (C=O) groups is 1. The van der Waals surface area contributed by atoms with Crippen molar-refractivity contribution in [2.24, 2.45) is 0 Å². The van der Waals surface area contributed by atoms with Gasteiger partial charge in [-0.1, -0.05) is 6.07 Å². The first-order valence-electron chi connectivity index (χ1n) is 9.20. The second-order valence-corrected chi connectivity index (χ2v) is 7.10. The van der Waals surface area contributed by atoms with Gasteiger partial charge in [0.15, 0.2) is 0 Å². The van der Waals surface area contributed by atoms with Gasteiger partial charge in [0.05, 0.1) is 24.3 Å².